The Morgan fingerprint density at radius 3 is 2.11 bits per heavy atom. The minimum absolute atomic E-state index is 0.0392. The second kappa shape index (κ2) is 7.69. The quantitative estimate of drug-likeness (QED) is 0.840. The van der Waals surface area contributed by atoms with Crippen LogP contribution in [0, 0.1) is 0 Å². The first-order valence-corrected chi connectivity index (χ1v) is 9.90. The first-order valence-electron chi connectivity index (χ1n) is 9.90. The van der Waals surface area contributed by atoms with Crippen molar-refractivity contribution >= 4 is 11.6 Å². The van der Waals surface area contributed by atoms with E-state index in [2.05, 4.69) is 57.2 Å². The van der Waals surface area contributed by atoms with Crippen molar-refractivity contribution in [3.63, 3.8) is 0 Å². The predicted molar refractivity (Wildman–Crippen MR) is 108 cm³/mol. The van der Waals surface area contributed by atoms with Crippen molar-refractivity contribution in [2.75, 3.05) is 44.2 Å². The van der Waals surface area contributed by atoms with Gasteiger partial charge in [-0.05, 0) is 30.5 Å². The van der Waals surface area contributed by atoms with Gasteiger partial charge >= 0.3 is 0 Å². The molecule has 0 aliphatic carbocycles. The van der Waals surface area contributed by atoms with Crippen LogP contribution in [-0.2, 0) is 10.3 Å². The van der Waals surface area contributed by atoms with Crippen LogP contribution in [0.5, 0.6) is 0 Å². The Morgan fingerprint density at radius 1 is 0.889 bits per heavy atom. The second-order valence-corrected chi connectivity index (χ2v) is 7.58. The number of pyridine rings is 1. The molecule has 1 aromatic carbocycles. The fourth-order valence-corrected chi connectivity index (χ4v) is 4.67. The lowest BCUT2D eigenvalue weighted by Crippen LogP contribution is -2.59. The lowest BCUT2D eigenvalue weighted by molar-refractivity contribution is -0.132. The highest BCUT2D eigenvalue weighted by Crippen LogP contribution is 2.39. The molecule has 2 aliphatic rings. The Kier molecular flexibility index (Phi) is 5.12. The summed E-state index contributed by atoms with van der Waals surface area (Å²) in [6.45, 7) is 7.49. The van der Waals surface area contributed by atoms with Crippen LogP contribution in [0.15, 0.2) is 54.9 Å². The fourth-order valence-electron chi connectivity index (χ4n) is 4.67. The number of carbonyl (C=O) groups excluding carboxylic acids is 1. The highest BCUT2D eigenvalue weighted by molar-refractivity contribution is 5.73. The van der Waals surface area contributed by atoms with E-state index in [9.17, 15) is 4.79 Å². The molecule has 0 unspecified atom stereocenters. The Balaban J connectivity index is 1.53. The van der Waals surface area contributed by atoms with Crippen LogP contribution < -0.4 is 4.90 Å². The SMILES string of the molecule is CC(=O)N1CCC(c2ccccc2)(N2CCN(c3ccncc3)CC2)CC1. The van der Waals surface area contributed by atoms with Gasteiger partial charge in [-0.3, -0.25) is 14.7 Å². The molecule has 5 nitrogen and oxygen atoms in total. The van der Waals surface area contributed by atoms with Crippen LogP contribution >= 0.6 is 0 Å². The van der Waals surface area contributed by atoms with E-state index in [-0.39, 0.29) is 11.4 Å². The van der Waals surface area contributed by atoms with Crippen molar-refractivity contribution in [2.24, 2.45) is 0 Å². The third kappa shape index (κ3) is 3.56. The van der Waals surface area contributed by atoms with Gasteiger partial charge in [0.05, 0.1) is 0 Å². The van der Waals surface area contributed by atoms with Gasteiger partial charge in [0.2, 0.25) is 5.91 Å². The molecule has 2 fully saturated rings. The second-order valence-electron chi connectivity index (χ2n) is 7.58. The molecule has 5 heteroatoms. The zero-order chi connectivity index (χ0) is 18.7. The number of anilines is 1. The number of hydrogen-bond acceptors (Lipinski definition) is 4. The largest absolute Gasteiger partial charge is 0.369 e. The summed E-state index contributed by atoms with van der Waals surface area (Å²) < 4.78 is 0. The van der Waals surface area contributed by atoms with Gasteiger partial charge in [0, 0.05) is 69.8 Å². The number of rotatable bonds is 3. The van der Waals surface area contributed by atoms with Crippen LogP contribution in [0.1, 0.15) is 25.3 Å². The normalized spacial score (nSPS) is 20.5. The minimum atomic E-state index is 0.0392. The van der Waals surface area contributed by atoms with Gasteiger partial charge in [0.1, 0.15) is 0 Å². The molecule has 0 spiro atoms. The Morgan fingerprint density at radius 2 is 1.52 bits per heavy atom. The molecule has 0 saturated carbocycles. The summed E-state index contributed by atoms with van der Waals surface area (Å²) in [4.78, 5) is 23.1. The van der Waals surface area contributed by atoms with Gasteiger partial charge in [-0.15, -0.1) is 0 Å². The molecule has 0 radical (unpaired) electrons. The molecular formula is C22H28N4O. The van der Waals surface area contributed by atoms with E-state index in [1.165, 1.54) is 11.3 Å². The van der Waals surface area contributed by atoms with E-state index >= 15 is 0 Å². The number of likely N-dealkylation sites (tertiary alicyclic amines) is 1. The van der Waals surface area contributed by atoms with Crippen molar-refractivity contribution in [3.05, 3.63) is 60.4 Å². The Bertz CT molecular complexity index is 748. The molecular weight excluding hydrogens is 336 g/mol. The topological polar surface area (TPSA) is 39.7 Å². The Hall–Kier alpha value is -2.40. The molecule has 0 atom stereocenters. The van der Waals surface area contributed by atoms with Crippen LogP contribution in [0.3, 0.4) is 0 Å². The molecule has 27 heavy (non-hydrogen) atoms. The van der Waals surface area contributed by atoms with Crippen molar-refractivity contribution in [2.45, 2.75) is 25.3 Å². The molecule has 1 amide bonds. The first-order chi connectivity index (χ1) is 13.2. The molecule has 4 rings (SSSR count). The number of amides is 1. The van der Waals surface area contributed by atoms with E-state index in [1.807, 2.05) is 17.3 Å². The van der Waals surface area contributed by atoms with E-state index in [1.54, 1.807) is 6.92 Å². The third-order valence-corrected chi connectivity index (χ3v) is 6.26. The molecule has 2 aliphatic heterocycles. The maximum absolute atomic E-state index is 11.8. The standard InChI is InChI=1S/C22H28N4O/c1-19(27)24-13-9-22(10-14-24,20-5-3-2-4-6-20)26-17-15-25(16-18-26)21-7-11-23-12-8-21/h2-8,11-12H,9-10,13-18H2,1H3. The van der Waals surface area contributed by atoms with Gasteiger partial charge in [0.15, 0.2) is 0 Å². The van der Waals surface area contributed by atoms with Crippen molar-refractivity contribution in [1.29, 1.82) is 0 Å². The number of nitrogens with zero attached hydrogens (tertiary/aromatic N) is 4. The van der Waals surface area contributed by atoms with E-state index < -0.39 is 0 Å². The van der Waals surface area contributed by atoms with Crippen molar-refractivity contribution in [1.82, 2.24) is 14.8 Å². The first kappa shape index (κ1) is 18.0. The minimum Gasteiger partial charge on any atom is -0.369 e. The van der Waals surface area contributed by atoms with E-state index in [4.69, 9.17) is 0 Å². The smallest absolute Gasteiger partial charge is 0.219 e. The Labute approximate surface area is 161 Å². The molecule has 2 aromatic rings. The zero-order valence-electron chi connectivity index (χ0n) is 16.1. The third-order valence-electron chi connectivity index (χ3n) is 6.26. The van der Waals surface area contributed by atoms with Crippen molar-refractivity contribution in [3.8, 4) is 0 Å². The number of piperidine rings is 1. The summed E-state index contributed by atoms with van der Waals surface area (Å²) in [5, 5.41) is 0. The summed E-state index contributed by atoms with van der Waals surface area (Å²) in [6, 6.07) is 15.1. The van der Waals surface area contributed by atoms with Gasteiger partial charge in [-0.1, -0.05) is 30.3 Å². The van der Waals surface area contributed by atoms with Crippen LogP contribution in [-0.4, -0.2) is 60.0 Å². The van der Waals surface area contributed by atoms with Gasteiger partial charge in [-0.2, -0.15) is 0 Å². The predicted octanol–water partition coefficient (Wildman–Crippen LogP) is 2.74. The lowest BCUT2D eigenvalue weighted by Gasteiger charge is -2.52. The molecule has 0 N–H and O–H groups in total. The number of benzene rings is 1. The fraction of sp³-hybridized carbons (Fsp3) is 0.455. The number of piperazine rings is 1. The monoisotopic (exact) mass is 364 g/mol. The summed E-state index contributed by atoms with van der Waals surface area (Å²) in [6.07, 6.45) is 5.74. The maximum Gasteiger partial charge on any atom is 0.219 e. The molecule has 2 saturated heterocycles. The summed E-state index contributed by atoms with van der Waals surface area (Å²) >= 11 is 0. The maximum atomic E-state index is 11.8. The average molecular weight is 364 g/mol. The van der Waals surface area contributed by atoms with Gasteiger partial charge in [0.25, 0.3) is 0 Å². The van der Waals surface area contributed by atoms with Crippen LogP contribution in [0.4, 0.5) is 5.69 Å². The number of aromatic nitrogens is 1. The summed E-state index contributed by atoms with van der Waals surface area (Å²) in [7, 11) is 0. The van der Waals surface area contributed by atoms with Gasteiger partial charge < -0.3 is 9.80 Å². The molecule has 142 valence electrons. The van der Waals surface area contributed by atoms with Gasteiger partial charge in [-0.25, -0.2) is 0 Å². The summed E-state index contributed by atoms with van der Waals surface area (Å²) in [5.74, 6) is 0.194. The summed E-state index contributed by atoms with van der Waals surface area (Å²) in [5.41, 5.74) is 2.69. The molecule has 1 aromatic heterocycles. The highest BCUT2D eigenvalue weighted by atomic mass is 16.2. The number of hydrogen-bond donors (Lipinski definition) is 0. The van der Waals surface area contributed by atoms with E-state index in [0.717, 1.165) is 52.1 Å². The highest BCUT2D eigenvalue weighted by Gasteiger charge is 2.42. The number of carbonyl (C=O) groups is 1. The zero-order valence-corrected chi connectivity index (χ0v) is 16.1. The lowest BCUT2D eigenvalue weighted by atomic mass is 9.78. The molecule has 3 heterocycles. The van der Waals surface area contributed by atoms with E-state index in [0.29, 0.717) is 0 Å². The average Bonchev–Trinajstić information content (AvgIpc) is 2.75. The van der Waals surface area contributed by atoms with Crippen molar-refractivity contribution < 1.29 is 4.79 Å². The van der Waals surface area contributed by atoms with Crippen LogP contribution in [0.2, 0.25) is 0 Å². The molecule has 0 bridgehead atoms. The van der Waals surface area contributed by atoms with Crippen LogP contribution in [0.25, 0.3) is 0 Å².